The molecule has 2 atom stereocenters. The molecule has 9 heteroatoms. The largest absolute Gasteiger partial charge is 0.481 e. The molecule has 3 heterocycles. The lowest BCUT2D eigenvalue weighted by Crippen LogP contribution is -2.18. The first-order valence-electron chi connectivity index (χ1n) is 12.0. The highest BCUT2D eigenvalue weighted by Crippen LogP contribution is 2.31. The maximum Gasteiger partial charge on any atom is 0.303 e. The molecule has 9 nitrogen and oxygen atoms in total. The molecule has 2 unspecified atom stereocenters. The molecular weight excluding hydrogens is 460 g/mol. The van der Waals surface area contributed by atoms with E-state index in [0.717, 1.165) is 41.8 Å². The Morgan fingerprint density at radius 2 is 2.00 bits per heavy atom. The highest BCUT2D eigenvalue weighted by Gasteiger charge is 2.20. The van der Waals surface area contributed by atoms with Crippen LogP contribution in [0.5, 0.6) is 11.6 Å². The van der Waals surface area contributed by atoms with E-state index in [-0.39, 0.29) is 6.42 Å². The molecule has 3 aromatic rings. The third-order valence-corrected chi connectivity index (χ3v) is 6.06. The summed E-state index contributed by atoms with van der Waals surface area (Å²) in [5, 5.41) is 22.3. The average molecular weight is 493 g/mol. The molecule has 0 bridgehead atoms. The monoisotopic (exact) mass is 492 g/mol. The highest BCUT2D eigenvalue weighted by atomic mass is 16.5. The number of rotatable bonds is 11. The number of benzene rings is 1. The number of pyridine rings is 2. The molecule has 1 aromatic carbocycles. The minimum atomic E-state index is -0.826. The van der Waals surface area contributed by atoms with Gasteiger partial charge in [-0.05, 0) is 74.7 Å². The number of aryl methyl sites for hydroxylation is 1. The van der Waals surface area contributed by atoms with Crippen LogP contribution in [0.1, 0.15) is 35.8 Å². The molecule has 0 radical (unpaired) electrons. The molecule has 36 heavy (non-hydrogen) atoms. The molecule has 2 aromatic heterocycles. The number of ether oxygens (including phenoxy) is 2. The van der Waals surface area contributed by atoms with E-state index in [9.17, 15) is 9.90 Å². The van der Waals surface area contributed by atoms with Gasteiger partial charge in [-0.1, -0.05) is 18.2 Å². The normalized spacial score (nSPS) is 16.2. The molecule has 1 fully saturated rings. The van der Waals surface area contributed by atoms with E-state index in [4.69, 9.17) is 14.6 Å². The van der Waals surface area contributed by atoms with E-state index in [0.29, 0.717) is 36.4 Å². The molecule has 1 aliphatic heterocycles. The van der Waals surface area contributed by atoms with E-state index < -0.39 is 12.2 Å². The van der Waals surface area contributed by atoms with Crippen LogP contribution in [0.25, 0.3) is 0 Å². The first kappa shape index (κ1) is 25.6. The van der Waals surface area contributed by atoms with E-state index in [1.54, 1.807) is 17.3 Å². The van der Waals surface area contributed by atoms with Gasteiger partial charge in [0.1, 0.15) is 17.8 Å². The van der Waals surface area contributed by atoms with Gasteiger partial charge >= 0.3 is 5.97 Å². The van der Waals surface area contributed by atoms with Crippen LogP contribution in [-0.4, -0.2) is 58.4 Å². The highest BCUT2D eigenvalue weighted by molar-refractivity contribution is 5.67. The number of aliphatic carboxylic acids is 1. The SMILES string of the molecule is CN(C)C(O)c1ccc(Oc2ncc(Nc3ccc(CCC(=O)O)cn3)cc2CC2CCOC2)cc1. The van der Waals surface area contributed by atoms with Gasteiger partial charge in [0, 0.05) is 31.4 Å². The predicted molar refractivity (Wildman–Crippen MR) is 136 cm³/mol. The molecule has 0 saturated carbocycles. The second-order valence-corrected chi connectivity index (χ2v) is 9.20. The van der Waals surface area contributed by atoms with Crippen LogP contribution in [0.15, 0.2) is 54.9 Å². The van der Waals surface area contributed by atoms with Crippen LogP contribution < -0.4 is 10.1 Å². The molecule has 4 rings (SSSR count). The summed E-state index contributed by atoms with van der Waals surface area (Å²) in [6.07, 6.45) is 4.99. The Balaban J connectivity index is 1.49. The van der Waals surface area contributed by atoms with Crippen LogP contribution in [-0.2, 0) is 22.4 Å². The number of hydrogen-bond donors (Lipinski definition) is 3. The van der Waals surface area contributed by atoms with Crippen LogP contribution >= 0.6 is 0 Å². The number of aliphatic hydroxyl groups is 1. The summed E-state index contributed by atoms with van der Waals surface area (Å²) < 4.78 is 11.7. The summed E-state index contributed by atoms with van der Waals surface area (Å²) in [5.41, 5.74) is 3.40. The van der Waals surface area contributed by atoms with E-state index in [1.807, 2.05) is 56.6 Å². The zero-order valence-electron chi connectivity index (χ0n) is 20.6. The van der Waals surface area contributed by atoms with Gasteiger partial charge in [0.2, 0.25) is 5.88 Å². The second kappa shape index (κ2) is 11.9. The Morgan fingerprint density at radius 3 is 2.64 bits per heavy atom. The lowest BCUT2D eigenvalue weighted by Gasteiger charge is -2.19. The molecule has 0 amide bonds. The Bertz CT molecular complexity index is 1150. The zero-order valence-corrected chi connectivity index (χ0v) is 20.6. The fourth-order valence-corrected chi connectivity index (χ4v) is 4.02. The Hall–Kier alpha value is -3.53. The fourth-order valence-electron chi connectivity index (χ4n) is 4.02. The van der Waals surface area contributed by atoms with Gasteiger partial charge in [-0.15, -0.1) is 0 Å². The summed E-state index contributed by atoms with van der Waals surface area (Å²) in [6.45, 7) is 1.48. The van der Waals surface area contributed by atoms with Gasteiger partial charge in [0.25, 0.3) is 0 Å². The average Bonchev–Trinajstić information content (AvgIpc) is 3.38. The van der Waals surface area contributed by atoms with Crippen molar-refractivity contribution in [1.82, 2.24) is 14.9 Å². The number of aliphatic hydroxyl groups excluding tert-OH is 1. The van der Waals surface area contributed by atoms with Gasteiger partial charge in [-0.2, -0.15) is 0 Å². The smallest absolute Gasteiger partial charge is 0.303 e. The van der Waals surface area contributed by atoms with Crippen molar-refractivity contribution in [2.45, 2.75) is 31.9 Å². The molecule has 3 N–H and O–H groups in total. The van der Waals surface area contributed by atoms with Crippen molar-refractivity contribution in [2.24, 2.45) is 5.92 Å². The number of nitrogens with one attached hydrogen (secondary N) is 1. The standard InChI is InChI=1S/C27H32N4O5/c1-31(2)27(34)20-5-7-23(8-6-20)36-26-21(13-19-11-12-35-17-19)14-22(16-29-26)30-24-9-3-18(15-28-24)4-10-25(32)33/h3,5-9,14-16,19,27,34H,4,10-13,17H2,1-2H3,(H,28,30)(H,32,33). The van der Waals surface area contributed by atoms with Crippen molar-refractivity contribution < 1.29 is 24.5 Å². The number of carboxylic acid groups (broad SMARTS) is 1. The number of nitrogens with zero attached hydrogens (tertiary/aromatic N) is 3. The number of carboxylic acids is 1. The molecule has 0 aliphatic carbocycles. The summed E-state index contributed by atoms with van der Waals surface area (Å²) >= 11 is 0. The molecule has 1 aliphatic rings. The quantitative estimate of drug-likeness (QED) is 0.339. The maximum absolute atomic E-state index is 10.8. The van der Waals surface area contributed by atoms with E-state index in [1.165, 1.54) is 0 Å². The van der Waals surface area contributed by atoms with Crippen molar-refractivity contribution in [3.05, 3.63) is 71.5 Å². The van der Waals surface area contributed by atoms with Crippen LogP contribution in [0, 0.1) is 5.92 Å². The van der Waals surface area contributed by atoms with E-state index in [2.05, 4.69) is 15.3 Å². The Kier molecular flexibility index (Phi) is 8.48. The van der Waals surface area contributed by atoms with Crippen LogP contribution in [0.2, 0.25) is 0 Å². The topological polar surface area (TPSA) is 117 Å². The number of carbonyl (C=O) groups is 1. The third kappa shape index (κ3) is 7.00. The predicted octanol–water partition coefficient (Wildman–Crippen LogP) is 4.16. The van der Waals surface area contributed by atoms with Gasteiger partial charge in [0.05, 0.1) is 11.9 Å². The van der Waals surface area contributed by atoms with Crippen molar-refractivity contribution in [3.8, 4) is 11.6 Å². The first-order chi connectivity index (χ1) is 17.4. The van der Waals surface area contributed by atoms with Crippen LogP contribution in [0.4, 0.5) is 11.5 Å². The van der Waals surface area contributed by atoms with Gasteiger partial charge in [-0.3, -0.25) is 9.69 Å². The summed E-state index contributed by atoms with van der Waals surface area (Å²) in [6, 6.07) is 13.1. The number of hydrogen-bond acceptors (Lipinski definition) is 8. The molecular formula is C27H32N4O5. The van der Waals surface area contributed by atoms with Crippen molar-refractivity contribution in [2.75, 3.05) is 32.6 Å². The maximum atomic E-state index is 10.8. The third-order valence-electron chi connectivity index (χ3n) is 6.06. The molecule has 190 valence electrons. The van der Waals surface area contributed by atoms with Crippen molar-refractivity contribution in [3.63, 3.8) is 0 Å². The van der Waals surface area contributed by atoms with Gasteiger partial charge in [-0.25, -0.2) is 9.97 Å². The zero-order chi connectivity index (χ0) is 25.5. The van der Waals surface area contributed by atoms with Crippen molar-refractivity contribution in [1.29, 1.82) is 0 Å². The molecule has 1 saturated heterocycles. The fraction of sp³-hybridized carbons (Fsp3) is 0.370. The molecule has 0 spiro atoms. The summed E-state index contributed by atoms with van der Waals surface area (Å²) in [4.78, 5) is 21.5. The van der Waals surface area contributed by atoms with E-state index >= 15 is 0 Å². The van der Waals surface area contributed by atoms with Gasteiger partial charge < -0.3 is 25.0 Å². The number of aromatic nitrogens is 2. The first-order valence-corrected chi connectivity index (χ1v) is 12.0. The lowest BCUT2D eigenvalue weighted by molar-refractivity contribution is -0.136. The van der Waals surface area contributed by atoms with Gasteiger partial charge in [0.15, 0.2) is 0 Å². The Morgan fingerprint density at radius 1 is 1.19 bits per heavy atom. The minimum absolute atomic E-state index is 0.0764. The van der Waals surface area contributed by atoms with Crippen molar-refractivity contribution >= 4 is 17.5 Å². The number of anilines is 2. The van der Waals surface area contributed by atoms with Crippen LogP contribution in [0.3, 0.4) is 0 Å². The Labute approximate surface area is 210 Å². The summed E-state index contributed by atoms with van der Waals surface area (Å²) in [5.74, 6) is 1.39. The lowest BCUT2D eigenvalue weighted by atomic mass is 9.99. The summed E-state index contributed by atoms with van der Waals surface area (Å²) in [7, 11) is 3.63. The minimum Gasteiger partial charge on any atom is -0.481 e. The second-order valence-electron chi connectivity index (χ2n) is 9.20.